The fraction of sp³-hybridized carbons (Fsp3) is 0.438. The minimum absolute atomic E-state index is 0.0556. The Hall–Kier alpha value is -1.44. The fourth-order valence-electron chi connectivity index (χ4n) is 1.69. The molecule has 1 unspecified atom stereocenters. The van der Waals surface area contributed by atoms with E-state index >= 15 is 0 Å². The molecule has 0 fully saturated rings. The molecular formula is C16H21NO2S. The molecule has 0 spiro atoms. The van der Waals surface area contributed by atoms with E-state index in [1.807, 2.05) is 18.4 Å². The van der Waals surface area contributed by atoms with E-state index in [-0.39, 0.29) is 18.6 Å². The van der Waals surface area contributed by atoms with Gasteiger partial charge in [0.25, 0.3) is 5.91 Å². The molecule has 0 radical (unpaired) electrons. The van der Waals surface area contributed by atoms with Crippen LogP contribution in [0.25, 0.3) is 0 Å². The minimum Gasteiger partial charge on any atom is -0.395 e. The van der Waals surface area contributed by atoms with E-state index in [0.29, 0.717) is 12.0 Å². The van der Waals surface area contributed by atoms with Crippen LogP contribution in [0, 0.1) is 11.8 Å². The van der Waals surface area contributed by atoms with Crippen molar-refractivity contribution < 1.29 is 9.90 Å². The smallest absolute Gasteiger partial charge is 0.251 e. The summed E-state index contributed by atoms with van der Waals surface area (Å²) in [5.41, 5.74) is 1.42. The number of hydrogen-bond acceptors (Lipinski definition) is 3. The van der Waals surface area contributed by atoms with Gasteiger partial charge in [-0.25, -0.2) is 0 Å². The monoisotopic (exact) mass is 291 g/mol. The Morgan fingerprint density at radius 3 is 2.95 bits per heavy atom. The Bertz CT molecular complexity index is 491. The lowest BCUT2D eigenvalue weighted by Crippen LogP contribution is -2.36. The molecule has 0 heterocycles. The Kier molecular flexibility index (Phi) is 7.86. The van der Waals surface area contributed by atoms with Crippen molar-refractivity contribution in [3.8, 4) is 11.8 Å². The molecule has 108 valence electrons. The van der Waals surface area contributed by atoms with E-state index in [1.165, 1.54) is 0 Å². The van der Waals surface area contributed by atoms with Crippen molar-refractivity contribution in [3.63, 3.8) is 0 Å². The molecule has 1 amide bonds. The standard InChI is InChI=1S/C16H21NO2S/c1-3-15(12-20-2)17-16(19)14-9-6-8-13(11-14)7-4-5-10-18/h6,8-9,11,15,18H,3,5,10,12H2,1-2H3,(H,17,19). The van der Waals surface area contributed by atoms with Crippen LogP contribution in [0.5, 0.6) is 0 Å². The second-order valence-corrected chi connectivity index (χ2v) is 5.30. The van der Waals surface area contributed by atoms with Crippen LogP contribution in [0.3, 0.4) is 0 Å². The molecule has 0 aromatic heterocycles. The maximum atomic E-state index is 12.2. The van der Waals surface area contributed by atoms with E-state index in [1.54, 1.807) is 23.9 Å². The Morgan fingerprint density at radius 1 is 1.50 bits per heavy atom. The van der Waals surface area contributed by atoms with Crippen LogP contribution in [-0.2, 0) is 0 Å². The molecule has 3 nitrogen and oxygen atoms in total. The maximum Gasteiger partial charge on any atom is 0.251 e. The summed E-state index contributed by atoms with van der Waals surface area (Å²) in [5, 5.41) is 11.7. The van der Waals surface area contributed by atoms with E-state index in [4.69, 9.17) is 5.11 Å². The zero-order chi connectivity index (χ0) is 14.8. The molecule has 0 aliphatic carbocycles. The van der Waals surface area contributed by atoms with Crippen molar-refractivity contribution in [1.82, 2.24) is 5.32 Å². The maximum absolute atomic E-state index is 12.2. The molecular weight excluding hydrogens is 270 g/mol. The molecule has 1 rings (SSSR count). The van der Waals surface area contributed by atoms with Gasteiger partial charge in [0.15, 0.2) is 0 Å². The number of carbonyl (C=O) groups is 1. The third-order valence-corrected chi connectivity index (χ3v) is 3.53. The number of benzene rings is 1. The highest BCUT2D eigenvalue weighted by molar-refractivity contribution is 7.98. The number of carbonyl (C=O) groups excluding carboxylic acids is 1. The largest absolute Gasteiger partial charge is 0.395 e. The number of aliphatic hydroxyl groups excluding tert-OH is 1. The SMILES string of the molecule is CCC(CSC)NC(=O)c1cccc(C#CCCO)c1. The van der Waals surface area contributed by atoms with Crippen molar-refractivity contribution in [2.45, 2.75) is 25.8 Å². The Morgan fingerprint density at radius 2 is 2.30 bits per heavy atom. The number of amides is 1. The first-order valence-electron chi connectivity index (χ1n) is 6.70. The van der Waals surface area contributed by atoms with Gasteiger partial charge in [-0.3, -0.25) is 4.79 Å². The predicted molar refractivity (Wildman–Crippen MR) is 85.0 cm³/mol. The number of thioether (sulfide) groups is 1. The summed E-state index contributed by atoms with van der Waals surface area (Å²) in [4.78, 5) is 12.2. The zero-order valence-electron chi connectivity index (χ0n) is 12.0. The van der Waals surface area contributed by atoms with Gasteiger partial charge in [-0.05, 0) is 30.9 Å². The second kappa shape index (κ2) is 9.46. The van der Waals surface area contributed by atoms with Gasteiger partial charge in [0.05, 0.1) is 6.61 Å². The third-order valence-electron chi connectivity index (χ3n) is 2.79. The summed E-state index contributed by atoms with van der Waals surface area (Å²) < 4.78 is 0. The molecule has 1 aromatic rings. The minimum atomic E-state index is -0.0586. The van der Waals surface area contributed by atoms with Crippen molar-refractivity contribution >= 4 is 17.7 Å². The van der Waals surface area contributed by atoms with E-state index in [0.717, 1.165) is 17.7 Å². The first kappa shape index (κ1) is 16.6. The first-order chi connectivity index (χ1) is 9.71. The van der Waals surface area contributed by atoms with Gasteiger partial charge in [0.2, 0.25) is 0 Å². The number of nitrogens with one attached hydrogen (secondary N) is 1. The third kappa shape index (κ3) is 5.68. The van der Waals surface area contributed by atoms with Crippen LogP contribution in [0.2, 0.25) is 0 Å². The molecule has 0 aliphatic heterocycles. The van der Waals surface area contributed by atoms with Gasteiger partial charge in [-0.15, -0.1) is 0 Å². The molecule has 0 saturated heterocycles. The Balaban J connectivity index is 2.73. The number of aliphatic hydroxyl groups is 1. The average Bonchev–Trinajstić information content (AvgIpc) is 2.47. The fourth-order valence-corrected chi connectivity index (χ4v) is 2.41. The van der Waals surface area contributed by atoms with Gasteiger partial charge < -0.3 is 10.4 Å². The summed E-state index contributed by atoms with van der Waals surface area (Å²) in [6.45, 7) is 2.12. The highest BCUT2D eigenvalue weighted by Crippen LogP contribution is 2.07. The highest BCUT2D eigenvalue weighted by Gasteiger charge is 2.11. The van der Waals surface area contributed by atoms with Gasteiger partial charge in [-0.2, -0.15) is 11.8 Å². The van der Waals surface area contributed by atoms with E-state index in [9.17, 15) is 4.79 Å². The normalized spacial score (nSPS) is 11.3. The van der Waals surface area contributed by atoms with Crippen molar-refractivity contribution in [3.05, 3.63) is 35.4 Å². The lowest BCUT2D eigenvalue weighted by atomic mass is 10.1. The van der Waals surface area contributed by atoms with Gasteiger partial charge in [0.1, 0.15) is 0 Å². The molecule has 0 aliphatic rings. The van der Waals surface area contributed by atoms with Crippen molar-refractivity contribution in [1.29, 1.82) is 0 Å². The number of hydrogen-bond donors (Lipinski definition) is 2. The molecule has 1 aromatic carbocycles. The molecule has 0 saturated carbocycles. The zero-order valence-corrected chi connectivity index (χ0v) is 12.8. The molecule has 20 heavy (non-hydrogen) atoms. The lowest BCUT2D eigenvalue weighted by molar-refractivity contribution is 0.0940. The molecule has 2 N–H and O–H groups in total. The summed E-state index contributed by atoms with van der Waals surface area (Å²) in [6.07, 6.45) is 3.40. The molecule has 4 heteroatoms. The highest BCUT2D eigenvalue weighted by atomic mass is 32.2. The lowest BCUT2D eigenvalue weighted by Gasteiger charge is -2.15. The van der Waals surface area contributed by atoms with Crippen molar-refractivity contribution in [2.24, 2.45) is 0 Å². The van der Waals surface area contributed by atoms with E-state index in [2.05, 4.69) is 24.1 Å². The van der Waals surface area contributed by atoms with Gasteiger partial charge >= 0.3 is 0 Å². The van der Waals surface area contributed by atoms with Crippen LogP contribution in [-0.4, -0.2) is 35.7 Å². The van der Waals surface area contributed by atoms with Crippen LogP contribution < -0.4 is 5.32 Å². The van der Waals surface area contributed by atoms with Crippen LogP contribution >= 0.6 is 11.8 Å². The molecule has 1 atom stereocenters. The second-order valence-electron chi connectivity index (χ2n) is 4.39. The van der Waals surface area contributed by atoms with Crippen LogP contribution in [0.15, 0.2) is 24.3 Å². The predicted octanol–water partition coefficient (Wildman–Crippen LogP) is 2.29. The summed E-state index contributed by atoms with van der Waals surface area (Å²) in [5.74, 6) is 6.65. The summed E-state index contributed by atoms with van der Waals surface area (Å²) in [7, 11) is 0. The summed E-state index contributed by atoms with van der Waals surface area (Å²) >= 11 is 1.73. The first-order valence-corrected chi connectivity index (χ1v) is 8.10. The Labute approximate surface area is 125 Å². The van der Waals surface area contributed by atoms with Gasteiger partial charge in [-0.1, -0.05) is 24.8 Å². The number of rotatable bonds is 6. The van der Waals surface area contributed by atoms with Crippen LogP contribution in [0.1, 0.15) is 35.7 Å². The van der Waals surface area contributed by atoms with Crippen molar-refractivity contribution in [2.75, 3.05) is 18.6 Å². The van der Waals surface area contributed by atoms with Crippen LogP contribution in [0.4, 0.5) is 0 Å². The molecule has 0 bridgehead atoms. The van der Waals surface area contributed by atoms with E-state index < -0.39 is 0 Å². The topological polar surface area (TPSA) is 49.3 Å². The quantitative estimate of drug-likeness (QED) is 0.791. The summed E-state index contributed by atoms with van der Waals surface area (Å²) in [6, 6.07) is 7.46. The average molecular weight is 291 g/mol. The van der Waals surface area contributed by atoms with Gasteiger partial charge in [0, 0.05) is 29.3 Å².